The van der Waals surface area contributed by atoms with Gasteiger partial charge in [-0.05, 0) is 43.5 Å². The minimum absolute atomic E-state index is 0.132. The van der Waals surface area contributed by atoms with Crippen molar-refractivity contribution in [1.29, 1.82) is 0 Å². The van der Waals surface area contributed by atoms with Crippen LogP contribution < -0.4 is 4.74 Å². The summed E-state index contributed by atoms with van der Waals surface area (Å²) in [7, 11) is 1.60. The van der Waals surface area contributed by atoms with Crippen molar-refractivity contribution in [3.8, 4) is 5.75 Å². The molecule has 0 saturated carbocycles. The predicted molar refractivity (Wildman–Crippen MR) is 96.0 cm³/mol. The summed E-state index contributed by atoms with van der Waals surface area (Å²) in [6.45, 7) is 1.59. The maximum Gasteiger partial charge on any atom is 0.261 e. The lowest BCUT2D eigenvalue weighted by molar-refractivity contribution is -0.137. The van der Waals surface area contributed by atoms with Crippen molar-refractivity contribution in [1.82, 2.24) is 15.0 Å². The molecule has 1 fully saturated rings. The fourth-order valence-electron chi connectivity index (χ4n) is 3.02. The van der Waals surface area contributed by atoms with E-state index in [2.05, 4.69) is 10.1 Å². The summed E-state index contributed by atoms with van der Waals surface area (Å²) in [6, 6.07) is 5.31. The van der Waals surface area contributed by atoms with E-state index < -0.39 is 0 Å². The van der Waals surface area contributed by atoms with Crippen LogP contribution in [0, 0.1) is 5.82 Å². The molecule has 1 saturated heterocycles. The van der Waals surface area contributed by atoms with Crippen molar-refractivity contribution in [2.45, 2.75) is 31.9 Å². The van der Waals surface area contributed by atoms with Gasteiger partial charge < -0.3 is 23.6 Å². The van der Waals surface area contributed by atoms with Crippen LogP contribution in [0.2, 0.25) is 0 Å². The van der Waals surface area contributed by atoms with Gasteiger partial charge in [-0.15, -0.1) is 0 Å². The molecule has 152 valence electrons. The second kappa shape index (κ2) is 10.1. The maximum atomic E-state index is 13.0. The molecule has 3 rings (SSSR count). The zero-order valence-electron chi connectivity index (χ0n) is 15.8. The number of carbonyl (C=O) groups is 1. The molecule has 8 nitrogen and oxygen atoms in total. The number of nitrogens with zero attached hydrogens (tertiary/aromatic N) is 3. The second-order valence-electron chi connectivity index (χ2n) is 6.43. The van der Waals surface area contributed by atoms with Crippen LogP contribution in [0.5, 0.6) is 5.75 Å². The van der Waals surface area contributed by atoms with Crippen molar-refractivity contribution in [3.05, 3.63) is 41.8 Å². The number of hydrogen-bond acceptors (Lipinski definition) is 7. The average Bonchev–Trinajstić information content (AvgIpc) is 3.19. The normalized spacial score (nSPS) is 16.9. The fraction of sp³-hybridized carbons (Fsp3) is 0.526. The Morgan fingerprint density at radius 1 is 1.29 bits per heavy atom. The SMILES string of the molecule is COCCOCc1nc(C2CCCCN2C(=O)COc2ccc(F)cc2)no1. The molecule has 28 heavy (non-hydrogen) atoms. The van der Waals surface area contributed by atoms with E-state index in [1.807, 2.05) is 0 Å². The third kappa shape index (κ3) is 5.49. The molecule has 0 bridgehead atoms. The molecule has 1 aromatic heterocycles. The molecule has 1 amide bonds. The van der Waals surface area contributed by atoms with Gasteiger partial charge in [-0.25, -0.2) is 4.39 Å². The number of piperidine rings is 1. The van der Waals surface area contributed by atoms with Crippen molar-refractivity contribution < 1.29 is 27.9 Å². The van der Waals surface area contributed by atoms with E-state index in [0.717, 1.165) is 19.3 Å². The Morgan fingerprint density at radius 3 is 2.89 bits per heavy atom. The van der Waals surface area contributed by atoms with Crippen molar-refractivity contribution in [2.24, 2.45) is 0 Å². The fourth-order valence-corrected chi connectivity index (χ4v) is 3.02. The molecule has 1 aromatic carbocycles. The topological polar surface area (TPSA) is 86.9 Å². The van der Waals surface area contributed by atoms with E-state index in [9.17, 15) is 9.18 Å². The molecular formula is C19H24FN3O5. The molecule has 1 aliphatic heterocycles. The highest BCUT2D eigenvalue weighted by atomic mass is 19.1. The molecule has 2 heterocycles. The summed E-state index contributed by atoms with van der Waals surface area (Å²) in [6.07, 6.45) is 2.64. The summed E-state index contributed by atoms with van der Waals surface area (Å²) in [5.41, 5.74) is 0. The van der Waals surface area contributed by atoms with Gasteiger partial charge in [0.15, 0.2) is 12.4 Å². The number of rotatable bonds is 9. The lowest BCUT2D eigenvalue weighted by Crippen LogP contribution is -2.41. The van der Waals surface area contributed by atoms with Crippen LogP contribution in [0.15, 0.2) is 28.8 Å². The van der Waals surface area contributed by atoms with Gasteiger partial charge in [0.05, 0.1) is 19.3 Å². The van der Waals surface area contributed by atoms with Crippen LogP contribution in [-0.2, 0) is 20.9 Å². The minimum atomic E-state index is -0.353. The first-order valence-corrected chi connectivity index (χ1v) is 9.24. The number of hydrogen-bond donors (Lipinski definition) is 0. The molecular weight excluding hydrogens is 369 g/mol. The first-order chi connectivity index (χ1) is 13.7. The van der Waals surface area contributed by atoms with Crippen LogP contribution in [0.1, 0.15) is 37.0 Å². The first kappa shape index (κ1) is 20.2. The molecule has 1 unspecified atom stereocenters. The van der Waals surface area contributed by atoms with E-state index in [1.54, 1.807) is 12.0 Å². The molecule has 2 aromatic rings. The average molecular weight is 393 g/mol. The summed E-state index contributed by atoms with van der Waals surface area (Å²) in [4.78, 5) is 18.8. The second-order valence-corrected chi connectivity index (χ2v) is 6.43. The zero-order chi connectivity index (χ0) is 19.8. The number of aromatic nitrogens is 2. The Bertz CT molecular complexity index is 752. The van der Waals surface area contributed by atoms with Crippen molar-refractivity contribution in [2.75, 3.05) is 33.5 Å². The van der Waals surface area contributed by atoms with Crippen LogP contribution >= 0.6 is 0 Å². The van der Waals surface area contributed by atoms with Gasteiger partial charge in [0.2, 0.25) is 0 Å². The Kier molecular flexibility index (Phi) is 7.32. The number of benzene rings is 1. The molecule has 0 N–H and O–H groups in total. The van der Waals surface area contributed by atoms with E-state index in [0.29, 0.717) is 37.2 Å². The first-order valence-electron chi connectivity index (χ1n) is 9.24. The van der Waals surface area contributed by atoms with Gasteiger partial charge in [-0.2, -0.15) is 4.98 Å². The molecule has 9 heteroatoms. The Morgan fingerprint density at radius 2 is 2.11 bits per heavy atom. The number of methoxy groups -OCH3 is 1. The zero-order valence-corrected chi connectivity index (χ0v) is 15.8. The number of amides is 1. The molecule has 0 spiro atoms. The van der Waals surface area contributed by atoms with Gasteiger partial charge >= 0.3 is 0 Å². The highest BCUT2D eigenvalue weighted by Crippen LogP contribution is 2.29. The van der Waals surface area contributed by atoms with Crippen LogP contribution in [0.3, 0.4) is 0 Å². The van der Waals surface area contributed by atoms with Crippen LogP contribution in [-0.4, -0.2) is 54.4 Å². The third-order valence-electron chi connectivity index (χ3n) is 4.44. The summed E-state index contributed by atoms with van der Waals surface area (Å²) in [5.74, 6) is 0.760. The van der Waals surface area contributed by atoms with E-state index >= 15 is 0 Å². The maximum absolute atomic E-state index is 13.0. The standard InChI is InChI=1S/C19H24FN3O5/c1-25-10-11-26-12-17-21-19(22-28-17)16-4-2-3-9-23(16)18(24)13-27-15-7-5-14(20)6-8-15/h5-8,16H,2-4,9-13H2,1H3. The van der Waals surface area contributed by atoms with Gasteiger partial charge in [0.1, 0.15) is 18.2 Å². The number of halogens is 1. The molecule has 1 aliphatic rings. The van der Waals surface area contributed by atoms with E-state index in [4.69, 9.17) is 18.7 Å². The van der Waals surface area contributed by atoms with Gasteiger partial charge in [-0.1, -0.05) is 5.16 Å². The van der Waals surface area contributed by atoms with Crippen LogP contribution in [0.25, 0.3) is 0 Å². The van der Waals surface area contributed by atoms with Gasteiger partial charge in [0, 0.05) is 13.7 Å². The molecule has 0 radical (unpaired) electrons. The van der Waals surface area contributed by atoms with Gasteiger partial charge in [0.25, 0.3) is 11.8 Å². The summed E-state index contributed by atoms with van der Waals surface area (Å²) < 4.78 is 34.0. The number of carbonyl (C=O) groups excluding carboxylic acids is 1. The van der Waals surface area contributed by atoms with Gasteiger partial charge in [-0.3, -0.25) is 4.79 Å². The largest absolute Gasteiger partial charge is 0.484 e. The van der Waals surface area contributed by atoms with Crippen LogP contribution in [0.4, 0.5) is 4.39 Å². The Balaban J connectivity index is 1.57. The highest BCUT2D eigenvalue weighted by molar-refractivity contribution is 5.78. The highest BCUT2D eigenvalue weighted by Gasteiger charge is 2.31. The molecule has 0 aliphatic carbocycles. The van der Waals surface area contributed by atoms with Crippen molar-refractivity contribution >= 4 is 5.91 Å². The van der Waals surface area contributed by atoms with E-state index in [1.165, 1.54) is 24.3 Å². The lowest BCUT2D eigenvalue weighted by atomic mass is 10.0. The third-order valence-corrected chi connectivity index (χ3v) is 4.44. The summed E-state index contributed by atoms with van der Waals surface area (Å²) >= 11 is 0. The number of ether oxygens (including phenoxy) is 3. The predicted octanol–water partition coefficient (Wildman–Crippen LogP) is 2.50. The Labute approximate surface area is 162 Å². The number of likely N-dealkylation sites (tertiary alicyclic amines) is 1. The molecule has 1 atom stereocenters. The summed E-state index contributed by atoms with van der Waals surface area (Å²) in [5, 5.41) is 4.03. The minimum Gasteiger partial charge on any atom is -0.484 e. The quantitative estimate of drug-likeness (QED) is 0.605. The monoisotopic (exact) mass is 393 g/mol. The smallest absolute Gasteiger partial charge is 0.261 e. The van der Waals surface area contributed by atoms with E-state index in [-0.39, 0.29) is 31.0 Å². The lowest BCUT2D eigenvalue weighted by Gasteiger charge is -2.33. The Hall–Kier alpha value is -2.52. The van der Waals surface area contributed by atoms with Crippen molar-refractivity contribution in [3.63, 3.8) is 0 Å².